The second-order valence-corrected chi connectivity index (χ2v) is 4.89. The van der Waals surface area contributed by atoms with Crippen molar-refractivity contribution < 1.29 is 14.3 Å². The number of nitrogens with zero attached hydrogens (tertiary/aromatic N) is 1. The smallest absolute Gasteiger partial charge is 0.325 e. The fourth-order valence-corrected chi connectivity index (χ4v) is 2.30. The van der Waals surface area contributed by atoms with Crippen molar-refractivity contribution in [2.24, 2.45) is 0 Å². The van der Waals surface area contributed by atoms with Gasteiger partial charge in [0.05, 0.1) is 17.9 Å². The maximum atomic E-state index is 12.0. The summed E-state index contributed by atoms with van der Waals surface area (Å²) in [4.78, 5) is 23.2. The van der Waals surface area contributed by atoms with Gasteiger partial charge in [-0.1, -0.05) is 24.3 Å². The lowest BCUT2D eigenvalue weighted by atomic mass is 9.99. The lowest BCUT2D eigenvalue weighted by Crippen LogP contribution is -2.34. The van der Waals surface area contributed by atoms with Crippen molar-refractivity contribution in [2.75, 3.05) is 18.5 Å². The summed E-state index contributed by atoms with van der Waals surface area (Å²) < 4.78 is 4.74. The largest absolute Gasteiger partial charge is 0.465 e. The number of rotatable bonds is 4. The Labute approximate surface area is 134 Å². The Morgan fingerprint density at radius 2 is 1.96 bits per heavy atom. The molecule has 0 aliphatic heterocycles. The molecule has 0 atom stereocenters. The van der Waals surface area contributed by atoms with E-state index in [4.69, 9.17) is 4.74 Å². The Bertz CT molecular complexity index is 794. The minimum absolute atomic E-state index is 0.231. The average molecular weight is 311 g/mol. The number of benzene rings is 2. The van der Waals surface area contributed by atoms with Crippen LogP contribution in [-0.2, 0) is 9.53 Å². The zero-order valence-electron chi connectivity index (χ0n) is 13.0. The van der Waals surface area contributed by atoms with Crippen LogP contribution in [0.5, 0.6) is 0 Å². The fourth-order valence-electron chi connectivity index (χ4n) is 2.30. The summed E-state index contributed by atoms with van der Waals surface area (Å²) in [5.41, 5.74) is 1.75. The molecule has 0 radical (unpaired) electrons. The Morgan fingerprint density at radius 1 is 1.26 bits per heavy atom. The summed E-state index contributed by atoms with van der Waals surface area (Å²) in [6, 6.07) is 10.7. The predicted molar refractivity (Wildman–Crippen MR) is 87.1 cm³/mol. The molecule has 23 heavy (non-hydrogen) atoms. The number of nitriles is 1. The molecule has 6 heteroatoms. The van der Waals surface area contributed by atoms with Gasteiger partial charge in [-0.2, -0.15) is 5.26 Å². The molecule has 0 bridgehead atoms. The fraction of sp³-hybridized carbons (Fsp3) is 0.235. The lowest BCUT2D eigenvalue weighted by molar-refractivity contribution is -0.141. The van der Waals surface area contributed by atoms with Crippen LogP contribution in [0, 0.1) is 18.3 Å². The highest BCUT2D eigenvalue weighted by Gasteiger charge is 2.13. The van der Waals surface area contributed by atoms with Crippen LogP contribution in [0.4, 0.5) is 10.5 Å². The molecular weight excluding hydrogens is 294 g/mol. The molecular formula is C17H17N3O3. The van der Waals surface area contributed by atoms with Gasteiger partial charge >= 0.3 is 12.0 Å². The number of nitrogens with one attached hydrogen (secondary N) is 2. The monoisotopic (exact) mass is 311 g/mol. The highest BCUT2D eigenvalue weighted by atomic mass is 16.5. The van der Waals surface area contributed by atoms with Crippen LogP contribution in [0.1, 0.15) is 18.1 Å². The van der Waals surface area contributed by atoms with E-state index in [1.807, 2.05) is 31.2 Å². The molecule has 2 rings (SSSR count). The first kappa shape index (κ1) is 16.3. The molecule has 0 saturated heterocycles. The van der Waals surface area contributed by atoms with Gasteiger partial charge in [0, 0.05) is 5.39 Å². The van der Waals surface area contributed by atoms with Crippen molar-refractivity contribution in [1.29, 1.82) is 5.26 Å². The number of anilines is 1. The van der Waals surface area contributed by atoms with Crippen molar-refractivity contribution in [2.45, 2.75) is 13.8 Å². The number of urea groups is 1. The maximum Gasteiger partial charge on any atom is 0.325 e. The van der Waals surface area contributed by atoms with Crippen LogP contribution in [0.15, 0.2) is 30.3 Å². The van der Waals surface area contributed by atoms with Gasteiger partial charge in [-0.05, 0) is 30.9 Å². The highest BCUT2D eigenvalue weighted by Crippen LogP contribution is 2.30. The standard InChI is InChI=1S/C17H17N3O3/c1-3-23-15(21)10-19-17(22)20-16-12(9-18)8-11(2)13-6-4-5-7-14(13)16/h4-8H,3,10H2,1-2H3,(H2,19,20,22). The molecule has 0 unspecified atom stereocenters. The summed E-state index contributed by atoms with van der Waals surface area (Å²) in [5.74, 6) is -0.517. The first-order valence-corrected chi connectivity index (χ1v) is 7.19. The van der Waals surface area contributed by atoms with Gasteiger partial charge in [-0.25, -0.2) is 4.79 Å². The minimum atomic E-state index is -0.566. The molecule has 2 aromatic rings. The molecule has 0 heterocycles. The first-order valence-electron chi connectivity index (χ1n) is 7.19. The third-order valence-electron chi connectivity index (χ3n) is 3.31. The van der Waals surface area contributed by atoms with Crippen LogP contribution in [0.3, 0.4) is 0 Å². The van der Waals surface area contributed by atoms with E-state index in [1.165, 1.54) is 0 Å². The van der Waals surface area contributed by atoms with E-state index in [9.17, 15) is 14.9 Å². The number of carbonyl (C=O) groups is 2. The number of fused-ring (bicyclic) bond motifs is 1. The Balaban J connectivity index is 2.26. The summed E-state index contributed by atoms with van der Waals surface area (Å²) in [6.45, 7) is 3.62. The number of hydrogen-bond acceptors (Lipinski definition) is 4. The molecule has 2 amide bonds. The van der Waals surface area contributed by atoms with E-state index < -0.39 is 12.0 Å². The summed E-state index contributed by atoms with van der Waals surface area (Å²) in [7, 11) is 0. The predicted octanol–water partition coefficient (Wildman–Crippen LogP) is 2.70. The molecule has 0 aliphatic rings. The van der Waals surface area contributed by atoms with Crippen LogP contribution < -0.4 is 10.6 Å². The second-order valence-electron chi connectivity index (χ2n) is 4.89. The van der Waals surface area contributed by atoms with E-state index in [0.717, 1.165) is 16.3 Å². The third kappa shape index (κ3) is 3.77. The Hall–Kier alpha value is -3.07. The zero-order chi connectivity index (χ0) is 16.8. The molecule has 0 aliphatic carbocycles. The van der Waals surface area contributed by atoms with Gasteiger partial charge in [-0.15, -0.1) is 0 Å². The molecule has 0 fully saturated rings. The number of amides is 2. The minimum Gasteiger partial charge on any atom is -0.465 e. The highest BCUT2D eigenvalue weighted by molar-refractivity contribution is 6.05. The Morgan fingerprint density at radius 3 is 2.61 bits per heavy atom. The van der Waals surface area contributed by atoms with Crippen molar-refractivity contribution in [3.8, 4) is 6.07 Å². The zero-order valence-corrected chi connectivity index (χ0v) is 13.0. The van der Waals surface area contributed by atoms with Gasteiger partial charge in [0.2, 0.25) is 0 Å². The number of aryl methyl sites for hydroxylation is 1. The van der Waals surface area contributed by atoms with Gasteiger partial charge in [0.25, 0.3) is 0 Å². The number of hydrogen-bond donors (Lipinski definition) is 2. The average Bonchev–Trinajstić information content (AvgIpc) is 2.55. The van der Waals surface area contributed by atoms with Crippen LogP contribution in [-0.4, -0.2) is 25.2 Å². The van der Waals surface area contributed by atoms with Gasteiger partial charge in [0.15, 0.2) is 0 Å². The van der Waals surface area contributed by atoms with Crippen molar-refractivity contribution in [3.05, 3.63) is 41.5 Å². The maximum absolute atomic E-state index is 12.0. The summed E-state index contributed by atoms with van der Waals surface area (Å²) >= 11 is 0. The summed E-state index contributed by atoms with van der Waals surface area (Å²) in [6.07, 6.45) is 0. The van der Waals surface area contributed by atoms with Crippen molar-refractivity contribution in [1.82, 2.24) is 5.32 Å². The van der Waals surface area contributed by atoms with Crippen LogP contribution >= 0.6 is 0 Å². The quantitative estimate of drug-likeness (QED) is 0.849. The molecule has 118 valence electrons. The molecule has 0 saturated carbocycles. The molecule has 0 spiro atoms. The topological polar surface area (TPSA) is 91.2 Å². The van der Waals surface area contributed by atoms with Crippen LogP contribution in [0.2, 0.25) is 0 Å². The number of ether oxygens (including phenoxy) is 1. The SMILES string of the molecule is CCOC(=O)CNC(=O)Nc1c(C#N)cc(C)c2ccccc12. The molecule has 6 nitrogen and oxygen atoms in total. The van der Waals surface area contributed by atoms with E-state index in [0.29, 0.717) is 11.3 Å². The lowest BCUT2D eigenvalue weighted by Gasteiger charge is -2.13. The normalized spacial score (nSPS) is 9.96. The summed E-state index contributed by atoms with van der Waals surface area (Å²) in [5, 5.41) is 16.1. The van der Waals surface area contributed by atoms with E-state index >= 15 is 0 Å². The Kier molecular flexibility index (Phi) is 5.15. The van der Waals surface area contributed by atoms with Crippen LogP contribution in [0.25, 0.3) is 10.8 Å². The van der Waals surface area contributed by atoms with Gasteiger partial charge < -0.3 is 15.4 Å². The first-order chi connectivity index (χ1) is 11.1. The van der Waals surface area contributed by atoms with Crippen molar-refractivity contribution in [3.63, 3.8) is 0 Å². The number of esters is 1. The molecule has 2 N–H and O–H groups in total. The van der Waals surface area contributed by atoms with E-state index in [-0.39, 0.29) is 13.2 Å². The molecule has 2 aromatic carbocycles. The number of carbonyl (C=O) groups excluding carboxylic acids is 2. The van der Waals surface area contributed by atoms with E-state index in [2.05, 4.69) is 16.7 Å². The second kappa shape index (κ2) is 7.27. The molecule has 0 aromatic heterocycles. The third-order valence-corrected chi connectivity index (χ3v) is 3.31. The van der Waals surface area contributed by atoms with E-state index in [1.54, 1.807) is 13.0 Å². The van der Waals surface area contributed by atoms with Gasteiger partial charge in [-0.3, -0.25) is 4.79 Å². The van der Waals surface area contributed by atoms with Gasteiger partial charge in [0.1, 0.15) is 12.6 Å². The van der Waals surface area contributed by atoms with Crippen molar-refractivity contribution >= 4 is 28.5 Å².